The van der Waals surface area contributed by atoms with Gasteiger partial charge < -0.3 is 20.1 Å². The average molecular weight is 264 g/mol. The average Bonchev–Trinajstić information content (AvgIpc) is 2.95. The summed E-state index contributed by atoms with van der Waals surface area (Å²) in [4.78, 5) is 11.9. The summed E-state index contributed by atoms with van der Waals surface area (Å²) >= 11 is 0. The molecule has 0 bridgehead atoms. The van der Waals surface area contributed by atoms with E-state index in [1.807, 2.05) is 24.3 Å². The Labute approximate surface area is 113 Å². The minimum atomic E-state index is -0.0578. The number of anilines is 1. The van der Waals surface area contributed by atoms with Crippen molar-refractivity contribution in [3.05, 3.63) is 24.3 Å². The first-order chi connectivity index (χ1) is 9.29. The van der Waals surface area contributed by atoms with Crippen molar-refractivity contribution >= 4 is 11.6 Å². The molecule has 1 aliphatic rings. The van der Waals surface area contributed by atoms with Crippen LogP contribution in [0.15, 0.2) is 24.3 Å². The molecule has 1 aromatic carbocycles. The minimum Gasteiger partial charge on any atom is -0.491 e. The van der Waals surface area contributed by atoms with E-state index in [0.29, 0.717) is 13.2 Å². The minimum absolute atomic E-state index is 0.0329. The van der Waals surface area contributed by atoms with Gasteiger partial charge in [0.15, 0.2) is 0 Å². The molecular weight excluding hydrogens is 244 g/mol. The highest BCUT2D eigenvalue weighted by atomic mass is 16.5. The SMILES string of the molecule is COCCOc1ccc(NC(=O)[C@@H]2CCCN2)cc1. The van der Waals surface area contributed by atoms with Crippen LogP contribution in [-0.4, -0.2) is 38.8 Å². The van der Waals surface area contributed by atoms with E-state index >= 15 is 0 Å². The number of hydrogen-bond donors (Lipinski definition) is 2. The van der Waals surface area contributed by atoms with Crippen molar-refractivity contribution < 1.29 is 14.3 Å². The third-order valence-corrected chi connectivity index (χ3v) is 3.05. The number of nitrogens with one attached hydrogen (secondary N) is 2. The summed E-state index contributed by atoms with van der Waals surface area (Å²) in [6, 6.07) is 7.31. The molecule has 1 saturated heterocycles. The molecule has 2 N–H and O–H groups in total. The second kappa shape index (κ2) is 7.11. The fraction of sp³-hybridized carbons (Fsp3) is 0.500. The van der Waals surface area contributed by atoms with Gasteiger partial charge in [-0.15, -0.1) is 0 Å². The molecule has 1 heterocycles. The Hall–Kier alpha value is -1.59. The zero-order valence-corrected chi connectivity index (χ0v) is 11.1. The summed E-state index contributed by atoms with van der Waals surface area (Å²) in [6.07, 6.45) is 1.97. The van der Waals surface area contributed by atoms with Crippen LogP contribution in [0.3, 0.4) is 0 Å². The Kier molecular flexibility index (Phi) is 5.18. The summed E-state index contributed by atoms with van der Waals surface area (Å²) in [7, 11) is 1.64. The first kappa shape index (κ1) is 13.8. The second-order valence-corrected chi connectivity index (χ2v) is 4.50. The summed E-state index contributed by atoms with van der Waals surface area (Å²) in [5, 5.41) is 6.07. The van der Waals surface area contributed by atoms with Gasteiger partial charge in [0.1, 0.15) is 12.4 Å². The maximum atomic E-state index is 11.9. The molecule has 5 nitrogen and oxygen atoms in total. The summed E-state index contributed by atoms with van der Waals surface area (Å²) in [6.45, 7) is 2.00. The van der Waals surface area contributed by atoms with Crippen LogP contribution in [0.2, 0.25) is 0 Å². The van der Waals surface area contributed by atoms with Crippen LogP contribution in [0, 0.1) is 0 Å². The molecule has 0 saturated carbocycles. The van der Waals surface area contributed by atoms with Gasteiger partial charge in [-0.05, 0) is 43.7 Å². The highest BCUT2D eigenvalue weighted by Gasteiger charge is 2.21. The monoisotopic (exact) mass is 264 g/mol. The standard InChI is InChI=1S/C14H20N2O3/c1-18-9-10-19-12-6-4-11(5-7-12)16-14(17)13-3-2-8-15-13/h4-7,13,15H,2-3,8-10H2,1H3,(H,16,17)/t13-/m0/s1. The molecule has 0 aromatic heterocycles. The summed E-state index contributed by atoms with van der Waals surface area (Å²) < 4.78 is 10.4. The normalized spacial score (nSPS) is 18.3. The maximum Gasteiger partial charge on any atom is 0.241 e. The van der Waals surface area contributed by atoms with Crippen molar-refractivity contribution in [3.63, 3.8) is 0 Å². The smallest absolute Gasteiger partial charge is 0.241 e. The predicted molar refractivity (Wildman–Crippen MR) is 73.5 cm³/mol. The number of ether oxygens (including phenoxy) is 2. The van der Waals surface area contributed by atoms with Gasteiger partial charge in [0.25, 0.3) is 0 Å². The van der Waals surface area contributed by atoms with Gasteiger partial charge in [0, 0.05) is 12.8 Å². The lowest BCUT2D eigenvalue weighted by Crippen LogP contribution is -2.35. The van der Waals surface area contributed by atoms with Crippen LogP contribution in [0.1, 0.15) is 12.8 Å². The molecular formula is C14H20N2O3. The third-order valence-electron chi connectivity index (χ3n) is 3.05. The highest BCUT2D eigenvalue weighted by molar-refractivity contribution is 5.95. The number of hydrogen-bond acceptors (Lipinski definition) is 4. The Morgan fingerprint density at radius 2 is 2.16 bits per heavy atom. The van der Waals surface area contributed by atoms with Gasteiger partial charge in [-0.2, -0.15) is 0 Å². The number of methoxy groups -OCH3 is 1. The van der Waals surface area contributed by atoms with E-state index in [0.717, 1.165) is 30.8 Å². The van der Waals surface area contributed by atoms with Gasteiger partial charge >= 0.3 is 0 Å². The highest BCUT2D eigenvalue weighted by Crippen LogP contribution is 2.16. The lowest BCUT2D eigenvalue weighted by atomic mass is 10.2. The van der Waals surface area contributed by atoms with Crippen molar-refractivity contribution in [2.75, 3.05) is 32.2 Å². The quantitative estimate of drug-likeness (QED) is 0.763. The molecule has 19 heavy (non-hydrogen) atoms. The molecule has 1 aromatic rings. The molecule has 1 fully saturated rings. The number of amides is 1. The lowest BCUT2D eigenvalue weighted by molar-refractivity contribution is -0.117. The second-order valence-electron chi connectivity index (χ2n) is 4.50. The van der Waals surface area contributed by atoms with Crippen molar-refractivity contribution in [1.82, 2.24) is 5.32 Å². The van der Waals surface area contributed by atoms with Crippen molar-refractivity contribution in [1.29, 1.82) is 0 Å². The van der Waals surface area contributed by atoms with Crippen LogP contribution >= 0.6 is 0 Å². The maximum absolute atomic E-state index is 11.9. The Morgan fingerprint density at radius 1 is 1.37 bits per heavy atom. The van der Waals surface area contributed by atoms with E-state index in [4.69, 9.17) is 9.47 Å². The first-order valence-corrected chi connectivity index (χ1v) is 6.55. The molecule has 2 rings (SSSR count). The van der Waals surface area contributed by atoms with E-state index in [1.165, 1.54) is 0 Å². The van der Waals surface area contributed by atoms with Crippen molar-refractivity contribution in [2.24, 2.45) is 0 Å². The number of rotatable bonds is 6. The van der Waals surface area contributed by atoms with E-state index in [-0.39, 0.29) is 11.9 Å². The number of carbonyl (C=O) groups is 1. The van der Waals surface area contributed by atoms with Crippen molar-refractivity contribution in [2.45, 2.75) is 18.9 Å². The van der Waals surface area contributed by atoms with Crippen LogP contribution < -0.4 is 15.4 Å². The molecule has 1 atom stereocenters. The van der Waals surface area contributed by atoms with Gasteiger partial charge in [0.2, 0.25) is 5.91 Å². The fourth-order valence-corrected chi connectivity index (χ4v) is 2.02. The third kappa shape index (κ3) is 4.22. The topological polar surface area (TPSA) is 59.6 Å². The molecule has 1 aliphatic heterocycles. The zero-order chi connectivity index (χ0) is 13.5. The lowest BCUT2D eigenvalue weighted by Gasteiger charge is -2.11. The predicted octanol–water partition coefficient (Wildman–Crippen LogP) is 1.40. The van der Waals surface area contributed by atoms with Crippen LogP contribution in [0.5, 0.6) is 5.75 Å². The number of benzene rings is 1. The van der Waals surface area contributed by atoms with Crippen LogP contribution in [0.4, 0.5) is 5.69 Å². The summed E-state index contributed by atoms with van der Waals surface area (Å²) in [5.74, 6) is 0.805. The number of carbonyl (C=O) groups excluding carboxylic acids is 1. The van der Waals surface area contributed by atoms with Gasteiger partial charge in [-0.3, -0.25) is 4.79 Å². The van der Waals surface area contributed by atoms with E-state index < -0.39 is 0 Å². The van der Waals surface area contributed by atoms with Gasteiger partial charge in [-0.1, -0.05) is 0 Å². The van der Waals surface area contributed by atoms with E-state index in [2.05, 4.69) is 10.6 Å². The first-order valence-electron chi connectivity index (χ1n) is 6.55. The molecule has 1 amide bonds. The zero-order valence-electron chi connectivity index (χ0n) is 11.1. The molecule has 0 spiro atoms. The van der Waals surface area contributed by atoms with Crippen molar-refractivity contribution in [3.8, 4) is 5.75 Å². The molecule has 104 valence electrons. The van der Waals surface area contributed by atoms with E-state index in [1.54, 1.807) is 7.11 Å². The van der Waals surface area contributed by atoms with Crippen LogP contribution in [-0.2, 0) is 9.53 Å². The Balaban J connectivity index is 1.82. The van der Waals surface area contributed by atoms with Crippen LogP contribution in [0.25, 0.3) is 0 Å². The van der Waals surface area contributed by atoms with Gasteiger partial charge in [0.05, 0.1) is 12.6 Å². The summed E-state index contributed by atoms with van der Waals surface area (Å²) in [5.41, 5.74) is 0.790. The molecule has 0 aliphatic carbocycles. The Bertz CT molecular complexity index is 400. The van der Waals surface area contributed by atoms with Gasteiger partial charge in [-0.25, -0.2) is 0 Å². The largest absolute Gasteiger partial charge is 0.491 e. The fourth-order valence-electron chi connectivity index (χ4n) is 2.02. The molecule has 5 heteroatoms. The molecule has 0 radical (unpaired) electrons. The Morgan fingerprint density at radius 3 is 2.79 bits per heavy atom. The molecule has 0 unspecified atom stereocenters. The van der Waals surface area contributed by atoms with E-state index in [9.17, 15) is 4.79 Å².